The first-order chi connectivity index (χ1) is 9.79. The summed E-state index contributed by atoms with van der Waals surface area (Å²) in [6.45, 7) is 5.18. The summed E-state index contributed by atoms with van der Waals surface area (Å²) in [5, 5.41) is 2.98. The Morgan fingerprint density at radius 3 is 2.80 bits per heavy atom. The second-order valence-electron chi connectivity index (χ2n) is 5.11. The zero-order valence-electron chi connectivity index (χ0n) is 11.8. The molecule has 0 atom stereocenters. The molecule has 1 N–H and O–H groups in total. The molecule has 3 rings (SSSR count). The minimum atomic E-state index is 0.0252. The van der Waals surface area contributed by atoms with Crippen molar-refractivity contribution in [2.24, 2.45) is 0 Å². The zero-order valence-corrected chi connectivity index (χ0v) is 11.8. The van der Waals surface area contributed by atoms with Crippen molar-refractivity contribution in [1.29, 1.82) is 0 Å². The molecule has 0 spiro atoms. The van der Waals surface area contributed by atoms with E-state index in [2.05, 4.69) is 27.9 Å². The summed E-state index contributed by atoms with van der Waals surface area (Å²) >= 11 is 0. The van der Waals surface area contributed by atoms with Gasteiger partial charge in [-0.15, -0.1) is 0 Å². The molecule has 0 saturated carbocycles. The number of hydrogen-bond acceptors (Lipinski definition) is 2. The van der Waals surface area contributed by atoms with Crippen LogP contribution in [0.2, 0.25) is 0 Å². The minimum absolute atomic E-state index is 0.0252. The first-order valence-electron chi connectivity index (χ1n) is 7.26. The molecular formula is C15H20N4O. The van der Waals surface area contributed by atoms with Crippen molar-refractivity contribution in [3.63, 3.8) is 0 Å². The molecule has 0 aliphatic carbocycles. The van der Waals surface area contributed by atoms with Gasteiger partial charge in [0.15, 0.2) is 0 Å². The van der Waals surface area contributed by atoms with E-state index in [0.717, 1.165) is 49.3 Å². The molecule has 0 bridgehead atoms. The standard InChI is InChI=1S/C15H20N4O/c1-2-19-13-8-4-3-7-12(13)17-14(19)11-16-15(20)18-9-5-6-10-18/h3-4,7-8H,2,5-6,9-11H2,1H3,(H,16,20). The predicted octanol–water partition coefficient (Wildman–Crippen LogP) is 2.36. The fraction of sp³-hybridized carbons (Fsp3) is 0.467. The third kappa shape index (κ3) is 2.35. The lowest BCUT2D eigenvalue weighted by Crippen LogP contribution is -2.38. The van der Waals surface area contributed by atoms with Crippen molar-refractivity contribution in [1.82, 2.24) is 19.8 Å². The van der Waals surface area contributed by atoms with Crippen molar-refractivity contribution in [2.45, 2.75) is 32.9 Å². The van der Waals surface area contributed by atoms with Crippen molar-refractivity contribution >= 4 is 17.1 Å². The molecular weight excluding hydrogens is 252 g/mol. The van der Waals surface area contributed by atoms with Crippen molar-refractivity contribution in [3.8, 4) is 0 Å². The van der Waals surface area contributed by atoms with Gasteiger partial charge >= 0.3 is 6.03 Å². The number of nitrogens with zero attached hydrogens (tertiary/aromatic N) is 3. The molecule has 2 heterocycles. The van der Waals surface area contributed by atoms with Gasteiger partial charge in [0.25, 0.3) is 0 Å². The molecule has 1 aliphatic rings. The van der Waals surface area contributed by atoms with Crippen LogP contribution in [0.4, 0.5) is 4.79 Å². The summed E-state index contributed by atoms with van der Waals surface area (Å²) < 4.78 is 2.15. The summed E-state index contributed by atoms with van der Waals surface area (Å²) in [5.74, 6) is 0.918. The molecule has 5 heteroatoms. The van der Waals surface area contributed by atoms with Gasteiger partial charge in [0.1, 0.15) is 5.82 Å². The first-order valence-corrected chi connectivity index (χ1v) is 7.26. The van der Waals surface area contributed by atoms with Gasteiger partial charge in [0.05, 0.1) is 17.6 Å². The van der Waals surface area contributed by atoms with Crippen LogP contribution in [0.1, 0.15) is 25.6 Å². The summed E-state index contributed by atoms with van der Waals surface area (Å²) in [6.07, 6.45) is 2.22. The molecule has 1 aromatic heterocycles. The van der Waals surface area contributed by atoms with Gasteiger partial charge in [-0.25, -0.2) is 9.78 Å². The van der Waals surface area contributed by atoms with E-state index >= 15 is 0 Å². The fourth-order valence-corrected chi connectivity index (χ4v) is 2.80. The quantitative estimate of drug-likeness (QED) is 0.932. The molecule has 2 aromatic rings. The predicted molar refractivity (Wildman–Crippen MR) is 78.4 cm³/mol. The van der Waals surface area contributed by atoms with Crippen LogP contribution < -0.4 is 5.32 Å². The Hall–Kier alpha value is -2.04. The highest BCUT2D eigenvalue weighted by Crippen LogP contribution is 2.16. The third-order valence-electron chi connectivity index (χ3n) is 3.84. The Balaban J connectivity index is 1.75. The van der Waals surface area contributed by atoms with E-state index < -0.39 is 0 Å². The molecule has 1 fully saturated rings. The molecule has 1 saturated heterocycles. The van der Waals surface area contributed by atoms with Crippen LogP contribution in [-0.2, 0) is 13.1 Å². The Morgan fingerprint density at radius 2 is 2.05 bits per heavy atom. The maximum absolute atomic E-state index is 12.0. The van der Waals surface area contributed by atoms with E-state index in [1.807, 2.05) is 23.1 Å². The second kappa shape index (κ2) is 5.53. The number of carbonyl (C=O) groups is 1. The normalized spacial score (nSPS) is 14.9. The molecule has 0 unspecified atom stereocenters. The third-order valence-corrected chi connectivity index (χ3v) is 3.84. The van der Waals surface area contributed by atoms with E-state index in [1.165, 1.54) is 0 Å². The van der Waals surface area contributed by atoms with Crippen LogP contribution in [0.15, 0.2) is 24.3 Å². The first kappa shape index (κ1) is 13.0. The summed E-state index contributed by atoms with van der Waals surface area (Å²) in [7, 11) is 0. The monoisotopic (exact) mass is 272 g/mol. The van der Waals surface area contributed by atoms with E-state index in [4.69, 9.17) is 0 Å². The van der Waals surface area contributed by atoms with Crippen molar-refractivity contribution in [3.05, 3.63) is 30.1 Å². The lowest BCUT2D eigenvalue weighted by molar-refractivity contribution is 0.208. The highest BCUT2D eigenvalue weighted by molar-refractivity contribution is 5.77. The number of hydrogen-bond donors (Lipinski definition) is 1. The number of fused-ring (bicyclic) bond motifs is 1. The maximum atomic E-state index is 12.0. The Bertz CT molecular complexity index is 613. The van der Waals surface area contributed by atoms with Gasteiger partial charge in [0.2, 0.25) is 0 Å². The number of likely N-dealkylation sites (tertiary alicyclic amines) is 1. The van der Waals surface area contributed by atoms with Gasteiger partial charge in [-0.05, 0) is 31.9 Å². The minimum Gasteiger partial charge on any atom is -0.331 e. The van der Waals surface area contributed by atoms with Gasteiger partial charge in [0, 0.05) is 19.6 Å². The highest BCUT2D eigenvalue weighted by Gasteiger charge is 2.18. The number of aryl methyl sites for hydroxylation is 1. The lowest BCUT2D eigenvalue weighted by atomic mass is 10.3. The van der Waals surface area contributed by atoms with Gasteiger partial charge < -0.3 is 14.8 Å². The smallest absolute Gasteiger partial charge is 0.317 e. The number of nitrogens with one attached hydrogen (secondary N) is 1. The van der Waals surface area contributed by atoms with Crippen molar-refractivity contribution in [2.75, 3.05) is 13.1 Å². The lowest BCUT2D eigenvalue weighted by Gasteiger charge is -2.16. The maximum Gasteiger partial charge on any atom is 0.317 e. The van der Waals surface area contributed by atoms with Crippen LogP contribution in [0.3, 0.4) is 0 Å². The number of para-hydroxylation sites is 2. The van der Waals surface area contributed by atoms with E-state index in [-0.39, 0.29) is 6.03 Å². The molecule has 2 amide bonds. The number of aromatic nitrogens is 2. The van der Waals surface area contributed by atoms with Crippen LogP contribution in [0.5, 0.6) is 0 Å². The number of imidazole rings is 1. The molecule has 1 aliphatic heterocycles. The number of urea groups is 1. The average Bonchev–Trinajstić information content (AvgIpc) is 3.11. The number of carbonyl (C=O) groups excluding carboxylic acids is 1. The van der Waals surface area contributed by atoms with E-state index in [1.54, 1.807) is 0 Å². The van der Waals surface area contributed by atoms with Crippen LogP contribution in [0.25, 0.3) is 11.0 Å². The highest BCUT2D eigenvalue weighted by atomic mass is 16.2. The molecule has 0 radical (unpaired) electrons. The summed E-state index contributed by atoms with van der Waals surface area (Å²) in [4.78, 5) is 18.5. The Kier molecular flexibility index (Phi) is 3.58. The second-order valence-corrected chi connectivity index (χ2v) is 5.11. The summed E-state index contributed by atoms with van der Waals surface area (Å²) in [6, 6.07) is 8.10. The molecule has 20 heavy (non-hydrogen) atoms. The SMILES string of the molecule is CCn1c(CNC(=O)N2CCCC2)nc2ccccc21. The van der Waals surface area contributed by atoms with Gasteiger partial charge in [-0.1, -0.05) is 12.1 Å². The summed E-state index contributed by atoms with van der Waals surface area (Å²) in [5.41, 5.74) is 2.11. The zero-order chi connectivity index (χ0) is 13.9. The average molecular weight is 272 g/mol. The molecule has 1 aromatic carbocycles. The number of rotatable bonds is 3. The molecule has 5 nitrogen and oxygen atoms in total. The fourth-order valence-electron chi connectivity index (χ4n) is 2.80. The van der Waals surface area contributed by atoms with Crippen LogP contribution in [-0.4, -0.2) is 33.6 Å². The van der Waals surface area contributed by atoms with Crippen LogP contribution >= 0.6 is 0 Å². The molecule has 106 valence electrons. The van der Waals surface area contributed by atoms with Crippen LogP contribution in [0, 0.1) is 0 Å². The van der Waals surface area contributed by atoms with Gasteiger partial charge in [-0.3, -0.25) is 0 Å². The van der Waals surface area contributed by atoms with Crippen molar-refractivity contribution < 1.29 is 4.79 Å². The number of benzene rings is 1. The number of amides is 2. The largest absolute Gasteiger partial charge is 0.331 e. The topological polar surface area (TPSA) is 50.2 Å². The Morgan fingerprint density at radius 1 is 1.30 bits per heavy atom. The van der Waals surface area contributed by atoms with E-state index in [9.17, 15) is 4.79 Å². The Labute approximate surface area is 118 Å². The van der Waals surface area contributed by atoms with E-state index in [0.29, 0.717) is 6.54 Å². The van der Waals surface area contributed by atoms with Gasteiger partial charge in [-0.2, -0.15) is 0 Å².